The molecule has 5 aliphatic rings. The molecule has 194 valence electrons. The Morgan fingerprint density at radius 1 is 1.03 bits per heavy atom. The summed E-state index contributed by atoms with van der Waals surface area (Å²) < 4.78 is 30.8. The molecule has 0 aromatic rings. The van der Waals surface area contributed by atoms with Gasteiger partial charge in [0, 0.05) is 23.3 Å². The lowest BCUT2D eigenvalue weighted by atomic mass is 9.40. The van der Waals surface area contributed by atoms with E-state index in [9.17, 15) is 14.4 Å². The van der Waals surface area contributed by atoms with Crippen molar-refractivity contribution in [3.63, 3.8) is 0 Å². The summed E-state index contributed by atoms with van der Waals surface area (Å²) in [6.07, 6.45) is 4.53. The number of rotatable bonds is 3. The van der Waals surface area contributed by atoms with Crippen molar-refractivity contribution in [1.29, 1.82) is 0 Å². The third-order valence-corrected chi connectivity index (χ3v) is 10.4. The molecule has 2 saturated carbocycles. The van der Waals surface area contributed by atoms with Crippen LogP contribution in [0, 0.1) is 16.7 Å². The van der Waals surface area contributed by atoms with Crippen molar-refractivity contribution >= 4 is 17.9 Å². The zero-order valence-corrected chi connectivity index (χ0v) is 21.7. The predicted molar refractivity (Wildman–Crippen MR) is 124 cm³/mol. The first-order valence-corrected chi connectivity index (χ1v) is 12.9. The second-order valence-electron chi connectivity index (χ2n) is 12.0. The molecule has 0 N–H and O–H groups in total. The summed E-state index contributed by atoms with van der Waals surface area (Å²) in [7, 11) is 0. The van der Waals surface area contributed by atoms with Gasteiger partial charge in [-0.05, 0) is 52.4 Å². The molecule has 0 aromatic heterocycles. The summed E-state index contributed by atoms with van der Waals surface area (Å²) in [5.74, 6) is -1.08. The summed E-state index contributed by atoms with van der Waals surface area (Å²) >= 11 is 0. The van der Waals surface area contributed by atoms with Gasteiger partial charge in [0.1, 0.15) is 23.4 Å². The van der Waals surface area contributed by atoms with E-state index in [1.54, 1.807) is 19.9 Å². The van der Waals surface area contributed by atoms with E-state index in [1.807, 2.05) is 6.92 Å². The monoisotopic (exact) mass is 490 g/mol. The minimum absolute atomic E-state index is 0.0992. The Bertz CT molecular complexity index is 984. The average Bonchev–Trinajstić information content (AvgIpc) is 3.50. The van der Waals surface area contributed by atoms with Crippen molar-refractivity contribution in [3.05, 3.63) is 11.6 Å². The quantitative estimate of drug-likeness (QED) is 0.256. The van der Waals surface area contributed by atoms with Gasteiger partial charge in [0.05, 0.1) is 13.0 Å². The maximum Gasteiger partial charge on any atom is 0.333 e. The van der Waals surface area contributed by atoms with Gasteiger partial charge in [-0.3, -0.25) is 9.59 Å². The highest BCUT2D eigenvalue weighted by Crippen LogP contribution is 2.72. The third-order valence-electron chi connectivity index (χ3n) is 10.4. The summed E-state index contributed by atoms with van der Waals surface area (Å²) in [5, 5.41) is 0. The van der Waals surface area contributed by atoms with Crippen LogP contribution < -0.4 is 0 Å². The maximum atomic E-state index is 13.2. The lowest BCUT2D eigenvalue weighted by Crippen LogP contribution is -2.79. The molecule has 2 aliphatic carbocycles. The third kappa shape index (κ3) is 3.28. The molecule has 2 spiro atoms. The van der Waals surface area contributed by atoms with Gasteiger partial charge in [0.15, 0.2) is 12.2 Å². The fraction of sp³-hybridized carbons (Fsp3) is 0.815. The first-order valence-electron chi connectivity index (χ1n) is 12.9. The van der Waals surface area contributed by atoms with E-state index in [-0.39, 0.29) is 24.9 Å². The molecule has 8 nitrogen and oxygen atoms in total. The summed E-state index contributed by atoms with van der Waals surface area (Å²) in [5.41, 5.74) is -2.68. The summed E-state index contributed by atoms with van der Waals surface area (Å²) in [6, 6.07) is 0. The number of cyclic esters (lactones) is 1. The molecule has 3 saturated heterocycles. The zero-order chi connectivity index (χ0) is 25.4. The molecule has 3 aliphatic heterocycles. The minimum atomic E-state index is -1.00. The number of hydrogen-bond donors (Lipinski definition) is 0. The second-order valence-corrected chi connectivity index (χ2v) is 12.0. The molecule has 0 radical (unpaired) electrons. The van der Waals surface area contributed by atoms with Gasteiger partial charge in [-0.1, -0.05) is 26.3 Å². The van der Waals surface area contributed by atoms with Gasteiger partial charge in [0.2, 0.25) is 0 Å². The van der Waals surface area contributed by atoms with Crippen molar-refractivity contribution in [3.8, 4) is 0 Å². The topological polar surface area (TPSA) is 101 Å². The molecule has 0 bridgehead atoms. The van der Waals surface area contributed by atoms with Crippen molar-refractivity contribution in [2.45, 2.75) is 109 Å². The van der Waals surface area contributed by atoms with Crippen LogP contribution in [0.5, 0.6) is 0 Å². The van der Waals surface area contributed by atoms with E-state index in [0.717, 1.165) is 25.7 Å². The van der Waals surface area contributed by atoms with E-state index in [2.05, 4.69) is 13.8 Å². The van der Waals surface area contributed by atoms with Crippen LogP contribution in [0.2, 0.25) is 0 Å². The lowest BCUT2D eigenvalue weighted by Gasteiger charge is -2.70. The molecule has 8 heteroatoms. The standard InChI is InChI=1S/C27H38O8/c1-7-16(2)22(30)34-20-21(33-17(3)28)25(6)23(4,11-12-26(35-25)13-19(29)31-14-26)18-9-8-10-27(15-32-27)24(18,20)5/h7,18,20-21H,8-15H2,1-6H3/b16-7+/t18-,20+,21+,23-,24+,25+,26-,27+/m1/s1. The number of carbonyl (C=O) groups is 3. The first kappa shape index (κ1) is 24.8. The smallest absolute Gasteiger partial charge is 0.333 e. The fourth-order valence-corrected chi connectivity index (χ4v) is 7.99. The second kappa shape index (κ2) is 7.78. The number of fused-ring (bicyclic) bond motifs is 4. The molecule has 0 aromatic carbocycles. The fourth-order valence-electron chi connectivity index (χ4n) is 7.99. The molecule has 35 heavy (non-hydrogen) atoms. The van der Waals surface area contributed by atoms with E-state index in [4.69, 9.17) is 23.7 Å². The Kier molecular flexibility index (Phi) is 5.50. The molecular weight excluding hydrogens is 452 g/mol. The van der Waals surface area contributed by atoms with Crippen LogP contribution in [0.1, 0.15) is 80.1 Å². The molecule has 3 heterocycles. The lowest BCUT2D eigenvalue weighted by molar-refractivity contribution is -0.355. The Hall–Kier alpha value is -1.93. The molecular formula is C27H38O8. The molecule has 5 fully saturated rings. The number of allylic oxidation sites excluding steroid dienone is 1. The van der Waals surface area contributed by atoms with E-state index >= 15 is 0 Å². The highest BCUT2D eigenvalue weighted by molar-refractivity contribution is 5.87. The van der Waals surface area contributed by atoms with E-state index < -0.39 is 51.8 Å². The number of hydrogen-bond acceptors (Lipinski definition) is 8. The van der Waals surface area contributed by atoms with E-state index in [0.29, 0.717) is 18.6 Å². The highest BCUT2D eigenvalue weighted by atomic mass is 16.6. The van der Waals surface area contributed by atoms with Gasteiger partial charge < -0.3 is 23.7 Å². The first-order chi connectivity index (χ1) is 16.4. The number of carbonyl (C=O) groups excluding carboxylic acids is 3. The number of epoxide rings is 1. The van der Waals surface area contributed by atoms with Crippen molar-refractivity contribution in [2.24, 2.45) is 16.7 Å². The normalized spacial score (nSPS) is 48.7. The SMILES string of the molecule is C/C=C(\C)C(=O)O[C@H]1[C@H](OC(C)=O)[C@]2(C)O[C@@]3(CC[C@]2(C)[C@H]2CCC[C@]4(CO4)[C@]12C)COC(=O)C3. The molecule has 5 rings (SSSR count). The Morgan fingerprint density at radius 3 is 2.31 bits per heavy atom. The predicted octanol–water partition coefficient (Wildman–Crippen LogP) is 3.65. The van der Waals surface area contributed by atoms with Crippen LogP contribution in [0.15, 0.2) is 11.6 Å². The van der Waals surface area contributed by atoms with Crippen molar-refractivity contribution in [1.82, 2.24) is 0 Å². The Morgan fingerprint density at radius 2 is 1.74 bits per heavy atom. The molecule has 0 amide bonds. The van der Waals surface area contributed by atoms with Gasteiger partial charge >= 0.3 is 17.9 Å². The number of ether oxygens (including phenoxy) is 5. The summed E-state index contributed by atoms with van der Waals surface area (Å²) in [4.78, 5) is 37.8. The highest BCUT2D eigenvalue weighted by Gasteiger charge is 2.80. The van der Waals surface area contributed by atoms with Crippen LogP contribution in [0.25, 0.3) is 0 Å². The maximum absolute atomic E-state index is 13.2. The van der Waals surface area contributed by atoms with Crippen LogP contribution in [0.4, 0.5) is 0 Å². The largest absolute Gasteiger partial charge is 0.463 e. The van der Waals surface area contributed by atoms with Gasteiger partial charge in [-0.25, -0.2) is 4.79 Å². The van der Waals surface area contributed by atoms with Crippen LogP contribution >= 0.6 is 0 Å². The van der Waals surface area contributed by atoms with Gasteiger partial charge in [0.25, 0.3) is 0 Å². The van der Waals surface area contributed by atoms with Gasteiger partial charge in [-0.15, -0.1) is 0 Å². The number of esters is 3. The van der Waals surface area contributed by atoms with Crippen molar-refractivity contribution in [2.75, 3.05) is 13.2 Å². The van der Waals surface area contributed by atoms with Gasteiger partial charge in [-0.2, -0.15) is 0 Å². The molecule has 0 unspecified atom stereocenters. The Balaban J connectivity index is 1.67. The Labute approximate surface area is 207 Å². The van der Waals surface area contributed by atoms with Crippen molar-refractivity contribution < 1.29 is 38.1 Å². The minimum Gasteiger partial charge on any atom is -0.463 e. The zero-order valence-electron chi connectivity index (χ0n) is 21.7. The van der Waals surface area contributed by atoms with Crippen LogP contribution in [-0.2, 0) is 38.1 Å². The van der Waals surface area contributed by atoms with E-state index in [1.165, 1.54) is 6.92 Å². The molecule has 8 atom stereocenters. The van der Waals surface area contributed by atoms with Crippen LogP contribution in [-0.4, -0.2) is 60.1 Å². The summed E-state index contributed by atoms with van der Waals surface area (Å²) in [6.45, 7) is 12.0. The van der Waals surface area contributed by atoms with Crippen LogP contribution in [0.3, 0.4) is 0 Å². The average molecular weight is 491 g/mol.